The molecular weight excluding hydrogens is 134 g/mol. The SMILES string of the molecule is C=C1CC(C)N(CCCC)C1. The maximum Gasteiger partial charge on any atom is 0.0193 e. The van der Waals surface area contributed by atoms with Gasteiger partial charge in [0.25, 0.3) is 0 Å². The van der Waals surface area contributed by atoms with Crippen molar-refractivity contribution < 1.29 is 0 Å². The number of unbranched alkanes of at least 4 members (excludes halogenated alkanes) is 1. The first-order valence-electron chi connectivity index (χ1n) is 4.64. The minimum Gasteiger partial charge on any atom is -0.296 e. The Morgan fingerprint density at radius 3 is 2.82 bits per heavy atom. The lowest BCUT2D eigenvalue weighted by molar-refractivity contribution is 0.267. The van der Waals surface area contributed by atoms with Crippen LogP contribution in [0.1, 0.15) is 33.1 Å². The van der Waals surface area contributed by atoms with Crippen molar-refractivity contribution in [3.05, 3.63) is 12.2 Å². The Bertz CT molecular complexity index is 140. The van der Waals surface area contributed by atoms with Crippen LogP contribution in [0.2, 0.25) is 0 Å². The van der Waals surface area contributed by atoms with Gasteiger partial charge >= 0.3 is 0 Å². The van der Waals surface area contributed by atoms with Crippen LogP contribution < -0.4 is 0 Å². The predicted molar refractivity (Wildman–Crippen MR) is 49.7 cm³/mol. The van der Waals surface area contributed by atoms with E-state index in [4.69, 9.17) is 0 Å². The fraction of sp³-hybridized carbons (Fsp3) is 0.800. The number of hydrogen-bond acceptors (Lipinski definition) is 1. The van der Waals surface area contributed by atoms with Crippen LogP contribution in [0.15, 0.2) is 12.2 Å². The Labute approximate surface area is 70.1 Å². The summed E-state index contributed by atoms with van der Waals surface area (Å²) in [4.78, 5) is 2.53. The molecule has 1 heterocycles. The summed E-state index contributed by atoms with van der Waals surface area (Å²) in [5.74, 6) is 0. The fourth-order valence-corrected chi connectivity index (χ4v) is 1.72. The summed E-state index contributed by atoms with van der Waals surface area (Å²) in [5.41, 5.74) is 1.41. The first-order valence-corrected chi connectivity index (χ1v) is 4.64. The predicted octanol–water partition coefficient (Wildman–Crippen LogP) is 2.44. The van der Waals surface area contributed by atoms with Crippen LogP contribution in [0.25, 0.3) is 0 Å². The Morgan fingerprint density at radius 1 is 1.64 bits per heavy atom. The number of rotatable bonds is 3. The van der Waals surface area contributed by atoms with E-state index < -0.39 is 0 Å². The summed E-state index contributed by atoms with van der Waals surface area (Å²) in [6.07, 6.45) is 3.84. The zero-order valence-electron chi connectivity index (χ0n) is 7.77. The van der Waals surface area contributed by atoms with Gasteiger partial charge in [0.15, 0.2) is 0 Å². The summed E-state index contributed by atoms with van der Waals surface area (Å²) >= 11 is 0. The first-order chi connectivity index (χ1) is 5.24. The maximum absolute atomic E-state index is 4.02. The van der Waals surface area contributed by atoms with Gasteiger partial charge in [0.2, 0.25) is 0 Å². The van der Waals surface area contributed by atoms with Gasteiger partial charge in [0.1, 0.15) is 0 Å². The van der Waals surface area contributed by atoms with Gasteiger partial charge in [-0.25, -0.2) is 0 Å². The average Bonchev–Trinajstić information content (AvgIpc) is 2.26. The van der Waals surface area contributed by atoms with Crippen LogP contribution in [-0.4, -0.2) is 24.0 Å². The lowest BCUT2D eigenvalue weighted by atomic mass is 10.2. The van der Waals surface area contributed by atoms with E-state index in [-0.39, 0.29) is 0 Å². The Kier molecular flexibility index (Phi) is 3.13. The van der Waals surface area contributed by atoms with Crippen LogP contribution in [-0.2, 0) is 0 Å². The molecule has 1 saturated heterocycles. The van der Waals surface area contributed by atoms with E-state index in [1.54, 1.807) is 0 Å². The van der Waals surface area contributed by atoms with Crippen molar-refractivity contribution in [1.82, 2.24) is 4.90 Å². The Hall–Kier alpha value is -0.300. The number of likely N-dealkylation sites (tertiary alicyclic amines) is 1. The molecule has 1 atom stereocenters. The smallest absolute Gasteiger partial charge is 0.0193 e. The van der Waals surface area contributed by atoms with E-state index in [9.17, 15) is 0 Å². The lowest BCUT2D eigenvalue weighted by Crippen LogP contribution is -2.27. The minimum absolute atomic E-state index is 0.744. The van der Waals surface area contributed by atoms with Gasteiger partial charge in [-0.3, -0.25) is 4.90 Å². The van der Waals surface area contributed by atoms with E-state index in [1.165, 1.54) is 31.4 Å². The largest absolute Gasteiger partial charge is 0.296 e. The standard InChI is InChI=1S/C10H19N/c1-4-5-6-11-8-9(2)7-10(11)3/h10H,2,4-8H2,1,3H3. The van der Waals surface area contributed by atoms with Crippen molar-refractivity contribution in [3.8, 4) is 0 Å². The second-order valence-electron chi connectivity index (χ2n) is 3.63. The normalized spacial score (nSPS) is 26.4. The monoisotopic (exact) mass is 153 g/mol. The van der Waals surface area contributed by atoms with Gasteiger partial charge in [0, 0.05) is 12.6 Å². The molecule has 11 heavy (non-hydrogen) atoms. The van der Waals surface area contributed by atoms with Crippen molar-refractivity contribution in [3.63, 3.8) is 0 Å². The Balaban J connectivity index is 2.28. The highest BCUT2D eigenvalue weighted by Gasteiger charge is 2.21. The molecule has 0 spiro atoms. The van der Waals surface area contributed by atoms with E-state index in [2.05, 4.69) is 25.3 Å². The van der Waals surface area contributed by atoms with Gasteiger partial charge in [-0.2, -0.15) is 0 Å². The zero-order chi connectivity index (χ0) is 8.27. The Morgan fingerprint density at radius 2 is 2.36 bits per heavy atom. The van der Waals surface area contributed by atoms with Crippen LogP contribution >= 0.6 is 0 Å². The summed E-state index contributed by atoms with van der Waals surface area (Å²) in [6.45, 7) is 11.0. The average molecular weight is 153 g/mol. The van der Waals surface area contributed by atoms with E-state index in [0.29, 0.717) is 0 Å². The van der Waals surface area contributed by atoms with Crippen LogP contribution in [0.4, 0.5) is 0 Å². The topological polar surface area (TPSA) is 3.24 Å². The van der Waals surface area contributed by atoms with Gasteiger partial charge in [-0.1, -0.05) is 25.5 Å². The van der Waals surface area contributed by atoms with Crippen molar-refractivity contribution >= 4 is 0 Å². The minimum atomic E-state index is 0.744. The quantitative estimate of drug-likeness (QED) is 0.563. The molecule has 0 aromatic carbocycles. The molecule has 1 fully saturated rings. The van der Waals surface area contributed by atoms with Gasteiger partial charge in [-0.05, 0) is 26.3 Å². The molecule has 0 saturated carbocycles. The summed E-state index contributed by atoms with van der Waals surface area (Å²) in [6, 6.07) is 0.744. The third-order valence-corrected chi connectivity index (χ3v) is 2.43. The molecule has 1 unspecified atom stereocenters. The fourth-order valence-electron chi connectivity index (χ4n) is 1.72. The third kappa shape index (κ3) is 2.33. The molecule has 1 aliphatic rings. The molecule has 0 aliphatic carbocycles. The summed E-state index contributed by atoms with van der Waals surface area (Å²) in [7, 11) is 0. The van der Waals surface area contributed by atoms with Crippen molar-refractivity contribution in [2.45, 2.75) is 39.2 Å². The van der Waals surface area contributed by atoms with Gasteiger partial charge in [-0.15, -0.1) is 0 Å². The third-order valence-electron chi connectivity index (χ3n) is 2.43. The molecule has 1 rings (SSSR count). The highest BCUT2D eigenvalue weighted by atomic mass is 15.2. The molecule has 0 aromatic rings. The second kappa shape index (κ2) is 3.91. The van der Waals surface area contributed by atoms with Crippen molar-refractivity contribution in [2.24, 2.45) is 0 Å². The summed E-state index contributed by atoms with van der Waals surface area (Å²) < 4.78 is 0. The van der Waals surface area contributed by atoms with Gasteiger partial charge in [0.05, 0.1) is 0 Å². The molecule has 0 N–H and O–H groups in total. The van der Waals surface area contributed by atoms with E-state index in [1.807, 2.05) is 0 Å². The summed E-state index contributed by atoms with van der Waals surface area (Å²) in [5, 5.41) is 0. The highest BCUT2D eigenvalue weighted by molar-refractivity contribution is 5.06. The number of hydrogen-bond donors (Lipinski definition) is 0. The second-order valence-corrected chi connectivity index (χ2v) is 3.63. The van der Waals surface area contributed by atoms with Crippen LogP contribution in [0.3, 0.4) is 0 Å². The maximum atomic E-state index is 4.02. The van der Waals surface area contributed by atoms with Crippen LogP contribution in [0.5, 0.6) is 0 Å². The van der Waals surface area contributed by atoms with E-state index in [0.717, 1.165) is 12.6 Å². The molecule has 1 heteroatoms. The number of nitrogens with zero attached hydrogens (tertiary/aromatic N) is 1. The molecule has 64 valence electrons. The molecule has 0 bridgehead atoms. The van der Waals surface area contributed by atoms with E-state index >= 15 is 0 Å². The zero-order valence-corrected chi connectivity index (χ0v) is 7.77. The molecule has 0 radical (unpaired) electrons. The van der Waals surface area contributed by atoms with Gasteiger partial charge < -0.3 is 0 Å². The molecule has 1 aliphatic heterocycles. The molecular formula is C10H19N. The highest BCUT2D eigenvalue weighted by Crippen LogP contribution is 2.20. The molecule has 0 aromatic heterocycles. The molecule has 0 amide bonds. The van der Waals surface area contributed by atoms with Crippen LogP contribution in [0, 0.1) is 0 Å². The lowest BCUT2D eigenvalue weighted by Gasteiger charge is -2.19. The van der Waals surface area contributed by atoms with Crippen molar-refractivity contribution in [1.29, 1.82) is 0 Å². The first kappa shape index (κ1) is 8.79. The molecule has 1 nitrogen and oxygen atoms in total. The van der Waals surface area contributed by atoms with Crippen molar-refractivity contribution in [2.75, 3.05) is 13.1 Å².